The van der Waals surface area contributed by atoms with Crippen LogP contribution in [0.4, 0.5) is 17.6 Å². The molecule has 0 fully saturated rings. The van der Waals surface area contributed by atoms with E-state index >= 15 is 0 Å². The first-order valence-electron chi connectivity index (χ1n) is 2.25. The van der Waals surface area contributed by atoms with Crippen molar-refractivity contribution in [3.8, 4) is 0 Å². The lowest BCUT2D eigenvalue weighted by molar-refractivity contribution is -0.177. The highest BCUT2D eigenvalue weighted by molar-refractivity contribution is 9.09. The van der Waals surface area contributed by atoms with Gasteiger partial charge in [0.05, 0.1) is 10.7 Å². The molecule has 0 aromatic heterocycles. The summed E-state index contributed by atoms with van der Waals surface area (Å²) in [7, 11) is 0. The van der Waals surface area contributed by atoms with Crippen molar-refractivity contribution in [2.24, 2.45) is 0 Å². The summed E-state index contributed by atoms with van der Waals surface area (Å²) in [5, 5.41) is -2.06. The first-order valence-corrected chi connectivity index (χ1v) is 4.49. The molecule has 0 spiro atoms. The first-order chi connectivity index (χ1) is 4.37. The van der Waals surface area contributed by atoms with Crippen LogP contribution in [0, 0.1) is 0 Å². The maximum absolute atomic E-state index is 12.1. The summed E-state index contributed by atoms with van der Waals surface area (Å²) >= 11 is 4.59. The second kappa shape index (κ2) is 3.38. The molecule has 0 heterocycles. The zero-order valence-electron chi connectivity index (χ0n) is 4.68. The largest absolute Gasteiger partial charge is 0.320 e. The number of rotatable bonds is 3. The van der Waals surface area contributed by atoms with E-state index in [1.807, 2.05) is 0 Å². The van der Waals surface area contributed by atoms with Crippen LogP contribution in [0.5, 0.6) is 0 Å². The van der Waals surface area contributed by atoms with Crippen molar-refractivity contribution in [1.82, 2.24) is 0 Å². The Morgan fingerprint density at radius 2 is 1.00 bits per heavy atom. The molecule has 0 aliphatic rings. The van der Waals surface area contributed by atoms with E-state index in [9.17, 15) is 17.6 Å². The lowest BCUT2D eigenvalue weighted by Crippen LogP contribution is -2.43. The Bertz CT molecular complexity index is 99.8. The molecule has 0 amide bonds. The van der Waals surface area contributed by atoms with E-state index < -0.39 is 22.5 Å². The van der Waals surface area contributed by atoms with Gasteiger partial charge in [-0.15, -0.1) is 0 Å². The molecule has 62 valence electrons. The molecule has 0 aliphatic heterocycles. The molecule has 6 heteroatoms. The quantitative estimate of drug-likeness (QED) is 0.553. The van der Waals surface area contributed by atoms with Gasteiger partial charge in [-0.1, -0.05) is 31.9 Å². The highest BCUT2D eigenvalue weighted by Gasteiger charge is 2.54. The summed E-state index contributed by atoms with van der Waals surface area (Å²) < 4.78 is 48.4. The van der Waals surface area contributed by atoms with Crippen LogP contribution in [0.15, 0.2) is 0 Å². The Kier molecular flexibility index (Phi) is 3.61. The third kappa shape index (κ3) is 2.08. The van der Waals surface area contributed by atoms with Gasteiger partial charge in [-0.25, -0.2) is 0 Å². The Morgan fingerprint density at radius 3 is 1.10 bits per heavy atom. The van der Waals surface area contributed by atoms with E-state index in [4.69, 9.17) is 0 Å². The number of halogens is 6. The van der Waals surface area contributed by atoms with Gasteiger partial charge in [0.2, 0.25) is 0 Å². The maximum atomic E-state index is 12.1. The summed E-state index contributed by atoms with van der Waals surface area (Å²) in [6, 6.07) is 0. The summed E-state index contributed by atoms with van der Waals surface area (Å²) in [6.45, 7) is 0. The van der Waals surface area contributed by atoms with Gasteiger partial charge in [-0.3, -0.25) is 0 Å². The van der Waals surface area contributed by atoms with Gasteiger partial charge in [0, 0.05) is 0 Å². The summed E-state index contributed by atoms with van der Waals surface area (Å²) in [5.74, 6) is -7.95. The molecular weight excluding hydrogens is 284 g/mol. The fraction of sp³-hybridized carbons (Fsp3) is 1.00. The van der Waals surface area contributed by atoms with Crippen LogP contribution in [0.1, 0.15) is 0 Å². The number of alkyl halides is 6. The van der Waals surface area contributed by atoms with Crippen molar-refractivity contribution in [2.45, 2.75) is 11.8 Å². The number of hydrogen-bond donors (Lipinski definition) is 0. The average Bonchev–Trinajstić information content (AvgIpc) is 1.88. The van der Waals surface area contributed by atoms with Crippen LogP contribution in [-0.2, 0) is 0 Å². The summed E-state index contributed by atoms with van der Waals surface area (Å²) in [4.78, 5) is 0. The molecule has 0 N–H and O–H groups in total. The molecule has 0 unspecified atom stereocenters. The van der Waals surface area contributed by atoms with Gasteiger partial charge >= 0.3 is 11.8 Å². The Hall–Kier alpha value is 0.680. The molecular formula is C4H4Br2F4. The van der Waals surface area contributed by atoms with E-state index in [1.54, 1.807) is 0 Å². The van der Waals surface area contributed by atoms with Crippen molar-refractivity contribution in [3.63, 3.8) is 0 Å². The topological polar surface area (TPSA) is 0 Å². The zero-order chi connectivity index (χ0) is 8.41. The zero-order valence-corrected chi connectivity index (χ0v) is 7.85. The third-order valence-electron chi connectivity index (χ3n) is 0.871. The predicted octanol–water partition coefficient (Wildman–Crippen LogP) is 3.05. The Morgan fingerprint density at radius 1 is 0.800 bits per heavy atom. The predicted molar refractivity (Wildman–Crippen MR) is 37.5 cm³/mol. The monoisotopic (exact) mass is 286 g/mol. The van der Waals surface area contributed by atoms with Crippen molar-refractivity contribution in [2.75, 3.05) is 10.7 Å². The average molecular weight is 288 g/mol. The van der Waals surface area contributed by atoms with E-state index in [0.29, 0.717) is 0 Å². The van der Waals surface area contributed by atoms with E-state index in [-0.39, 0.29) is 0 Å². The van der Waals surface area contributed by atoms with Crippen LogP contribution < -0.4 is 0 Å². The highest BCUT2D eigenvalue weighted by Crippen LogP contribution is 2.36. The van der Waals surface area contributed by atoms with Crippen LogP contribution in [0.2, 0.25) is 0 Å². The maximum Gasteiger partial charge on any atom is 0.320 e. The molecule has 0 aromatic carbocycles. The minimum Gasteiger partial charge on any atom is -0.199 e. The molecule has 10 heavy (non-hydrogen) atoms. The molecule has 0 rings (SSSR count). The first kappa shape index (κ1) is 10.7. The van der Waals surface area contributed by atoms with Gasteiger partial charge < -0.3 is 0 Å². The SMILES string of the molecule is FC(F)(CBr)C(F)(F)CBr. The van der Waals surface area contributed by atoms with Crippen molar-refractivity contribution < 1.29 is 17.6 Å². The third-order valence-corrected chi connectivity index (χ3v) is 2.28. The summed E-state index contributed by atoms with van der Waals surface area (Å²) in [6.07, 6.45) is 0. The van der Waals surface area contributed by atoms with Crippen molar-refractivity contribution in [1.29, 1.82) is 0 Å². The Balaban J connectivity index is 4.28. The van der Waals surface area contributed by atoms with E-state index in [2.05, 4.69) is 31.9 Å². The molecule has 0 aromatic rings. The normalized spacial score (nSPS) is 13.8. The van der Waals surface area contributed by atoms with Gasteiger partial charge in [0.25, 0.3) is 0 Å². The molecule has 0 bridgehead atoms. The highest BCUT2D eigenvalue weighted by atomic mass is 79.9. The minimum absolute atomic E-state index is 1.03. The van der Waals surface area contributed by atoms with E-state index in [0.717, 1.165) is 0 Å². The summed E-state index contributed by atoms with van der Waals surface area (Å²) in [5.41, 5.74) is 0. The van der Waals surface area contributed by atoms with Gasteiger partial charge in [-0.2, -0.15) is 17.6 Å². The second-order valence-electron chi connectivity index (χ2n) is 1.68. The molecule has 0 saturated carbocycles. The Labute approximate surface area is 72.2 Å². The van der Waals surface area contributed by atoms with Crippen molar-refractivity contribution >= 4 is 31.9 Å². The molecule has 0 aliphatic carbocycles. The lowest BCUT2D eigenvalue weighted by atomic mass is 10.2. The fourth-order valence-corrected chi connectivity index (χ4v) is 1.02. The van der Waals surface area contributed by atoms with Gasteiger partial charge in [0.15, 0.2) is 0 Å². The lowest BCUT2D eigenvalue weighted by Gasteiger charge is -2.22. The molecule has 0 saturated heterocycles. The van der Waals surface area contributed by atoms with E-state index in [1.165, 1.54) is 0 Å². The minimum atomic E-state index is -3.98. The second-order valence-corrected chi connectivity index (χ2v) is 2.80. The fourth-order valence-electron chi connectivity index (χ4n) is 0.196. The molecule has 0 nitrogen and oxygen atoms in total. The van der Waals surface area contributed by atoms with Crippen LogP contribution >= 0.6 is 31.9 Å². The van der Waals surface area contributed by atoms with Crippen molar-refractivity contribution in [3.05, 3.63) is 0 Å². The smallest absolute Gasteiger partial charge is 0.199 e. The molecule has 0 atom stereocenters. The number of hydrogen-bond acceptors (Lipinski definition) is 0. The van der Waals surface area contributed by atoms with Crippen LogP contribution in [0.25, 0.3) is 0 Å². The standard InChI is InChI=1S/C4H4Br2F4/c5-1-3(7,8)4(9,10)2-6/h1-2H2. The molecule has 0 radical (unpaired) electrons. The van der Waals surface area contributed by atoms with Crippen LogP contribution in [0.3, 0.4) is 0 Å². The van der Waals surface area contributed by atoms with Crippen LogP contribution in [-0.4, -0.2) is 22.5 Å². The van der Waals surface area contributed by atoms with Gasteiger partial charge in [0.1, 0.15) is 0 Å². The van der Waals surface area contributed by atoms with Gasteiger partial charge in [-0.05, 0) is 0 Å².